The monoisotopic (exact) mass is 374 g/mol. The SMILES string of the molecule is CCCCC(=O)NC(C(=O)Nc1nnc(-c2cccc(C)c2)s1)C(C)C. The predicted octanol–water partition coefficient (Wildman–Crippen LogP) is 3.78. The molecule has 0 aliphatic heterocycles. The van der Waals surface area contributed by atoms with Crippen LogP contribution in [0.2, 0.25) is 0 Å². The van der Waals surface area contributed by atoms with Gasteiger partial charge in [0.1, 0.15) is 11.0 Å². The molecule has 1 aromatic carbocycles. The van der Waals surface area contributed by atoms with Gasteiger partial charge in [-0.15, -0.1) is 10.2 Å². The van der Waals surface area contributed by atoms with E-state index in [1.807, 2.05) is 52.0 Å². The molecule has 2 amide bonds. The molecule has 1 unspecified atom stereocenters. The molecule has 0 bridgehead atoms. The largest absolute Gasteiger partial charge is 0.344 e. The van der Waals surface area contributed by atoms with Crippen molar-refractivity contribution in [1.29, 1.82) is 0 Å². The molecule has 0 saturated carbocycles. The molecule has 6 nitrogen and oxygen atoms in total. The Hall–Kier alpha value is -2.28. The summed E-state index contributed by atoms with van der Waals surface area (Å²) in [5.74, 6) is -0.389. The fourth-order valence-corrected chi connectivity index (χ4v) is 3.21. The number of carbonyl (C=O) groups is 2. The standard InChI is InChI=1S/C19H26N4O2S/c1-5-6-10-15(24)20-16(12(2)3)17(25)21-19-23-22-18(26-19)14-9-7-8-13(4)11-14/h7-9,11-12,16H,5-6,10H2,1-4H3,(H,20,24)(H,21,23,25). The molecule has 0 aliphatic carbocycles. The molecule has 0 fully saturated rings. The summed E-state index contributed by atoms with van der Waals surface area (Å²) in [6.07, 6.45) is 2.19. The Bertz CT molecular complexity index is 758. The second-order valence-corrected chi connectivity index (χ2v) is 7.64. The van der Waals surface area contributed by atoms with Crippen LogP contribution in [0.5, 0.6) is 0 Å². The van der Waals surface area contributed by atoms with Gasteiger partial charge in [-0.25, -0.2) is 0 Å². The third kappa shape index (κ3) is 5.62. The second-order valence-electron chi connectivity index (χ2n) is 6.66. The van der Waals surface area contributed by atoms with E-state index in [0.29, 0.717) is 11.6 Å². The van der Waals surface area contributed by atoms with E-state index in [1.165, 1.54) is 11.3 Å². The van der Waals surface area contributed by atoms with Crippen LogP contribution in [0, 0.1) is 12.8 Å². The van der Waals surface area contributed by atoms with Gasteiger partial charge in [0.15, 0.2) is 0 Å². The van der Waals surface area contributed by atoms with Gasteiger partial charge in [0, 0.05) is 12.0 Å². The Balaban J connectivity index is 2.04. The van der Waals surface area contributed by atoms with Crippen molar-refractivity contribution in [2.45, 2.75) is 53.0 Å². The maximum atomic E-state index is 12.6. The lowest BCUT2D eigenvalue weighted by Crippen LogP contribution is -2.47. The summed E-state index contributed by atoms with van der Waals surface area (Å²) in [6, 6.07) is 7.37. The van der Waals surface area contributed by atoms with E-state index in [4.69, 9.17) is 0 Å². The topological polar surface area (TPSA) is 84.0 Å². The number of nitrogens with zero attached hydrogens (tertiary/aromatic N) is 2. The van der Waals surface area contributed by atoms with Crippen LogP contribution in [-0.2, 0) is 9.59 Å². The molecule has 1 atom stereocenters. The Kier molecular flexibility index (Phi) is 7.26. The molecule has 1 aromatic heterocycles. The van der Waals surface area contributed by atoms with Crippen molar-refractivity contribution < 1.29 is 9.59 Å². The molecule has 2 aromatic rings. The van der Waals surface area contributed by atoms with Crippen LogP contribution in [-0.4, -0.2) is 28.1 Å². The van der Waals surface area contributed by atoms with Gasteiger partial charge in [-0.05, 0) is 25.3 Å². The van der Waals surface area contributed by atoms with Gasteiger partial charge < -0.3 is 5.32 Å². The number of unbranched alkanes of at least 4 members (excludes halogenated alkanes) is 1. The number of benzene rings is 1. The van der Waals surface area contributed by atoms with Crippen LogP contribution in [0.15, 0.2) is 24.3 Å². The maximum absolute atomic E-state index is 12.6. The first-order valence-electron chi connectivity index (χ1n) is 8.91. The van der Waals surface area contributed by atoms with Crippen molar-refractivity contribution in [2.75, 3.05) is 5.32 Å². The zero-order valence-corrected chi connectivity index (χ0v) is 16.5. The van der Waals surface area contributed by atoms with E-state index in [2.05, 4.69) is 20.8 Å². The highest BCUT2D eigenvalue weighted by Gasteiger charge is 2.25. The van der Waals surface area contributed by atoms with Crippen molar-refractivity contribution in [1.82, 2.24) is 15.5 Å². The average Bonchev–Trinajstić information content (AvgIpc) is 3.06. The van der Waals surface area contributed by atoms with Crippen LogP contribution < -0.4 is 10.6 Å². The molecule has 0 aliphatic rings. The van der Waals surface area contributed by atoms with Crippen LogP contribution in [0.4, 0.5) is 5.13 Å². The van der Waals surface area contributed by atoms with Gasteiger partial charge in [0.05, 0.1) is 0 Å². The minimum Gasteiger partial charge on any atom is -0.344 e. The first-order chi connectivity index (χ1) is 12.4. The fraction of sp³-hybridized carbons (Fsp3) is 0.474. The van der Waals surface area contributed by atoms with Crippen LogP contribution in [0.1, 0.15) is 45.6 Å². The molecule has 0 radical (unpaired) electrons. The normalized spacial score (nSPS) is 12.0. The van der Waals surface area contributed by atoms with Crippen molar-refractivity contribution in [3.05, 3.63) is 29.8 Å². The fourth-order valence-electron chi connectivity index (χ4n) is 2.47. The highest BCUT2D eigenvalue weighted by atomic mass is 32.1. The molecular formula is C19H26N4O2S. The van der Waals surface area contributed by atoms with E-state index in [9.17, 15) is 9.59 Å². The predicted molar refractivity (Wildman–Crippen MR) is 105 cm³/mol. The highest BCUT2D eigenvalue weighted by molar-refractivity contribution is 7.18. The molecular weight excluding hydrogens is 348 g/mol. The van der Waals surface area contributed by atoms with Gasteiger partial charge in [0.25, 0.3) is 0 Å². The van der Waals surface area contributed by atoms with Crippen molar-refractivity contribution in [2.24, 2.45) is 5.92 Å². The molecule has 1 heterocycles. The molecule has 2 rings (SSSR count). The van der Waals surface area contributed by atoms with E-state index in [-0.39, 0.29) is 17.7 Å². The molecule has 2 N–H and O–H groups in total. The van der Waals surface area contributed by atoms with Gasteiger partial charge in [0.2, 0.25) is 16.9 Å². The van der Waals surface area contributed by atoms with E-state index >= 15 is 0 Å². The minimum absolute atomic E-state index is 0.0234. The first kappa shape index (κ1) is 20.0. The van der Waals surface area contributed by atoms with Crippen molar-refractivity contribution >= 4 is 28.3 Å². The van der Waals surface area contributed by atoms with Crippen LogP contribution >= 0.6 is 11.3 Å². The lowest BCUT2D eigenvalue weighted by molar-refractivity contribution is -0.127. The molecule has 26 heavy (non-hydrogen) atoms. The van der Waals surface area contributed by atoms with Gasteiger partial charge in [-0.2, -0.15) is 0 Å². The second kappa shape index (κ2) is 9.43. The van der Waals surface area contributed by atoms with Gasteiger partial charge in [-0.1, -0.05) is 62.3 Å². The average molecular weight is 375 g/mol. The Labute approximate surface area is 158 Å². The first-order valence-corrected chi connectivity index (χ1v) is 9.73. The zero-order valence-electron chi connectivity index (χ0n) is 15.7. The summed E-state index contributed by atoms with van der Waals surface area (Å²) in [6.45, 7) is 7.86. The number of anilines is 1. The molecule has 0 saturated heterocycles. The summed E-state index contributed by atoms with van der Waals surface area (Å²) in [7, 11) is 0. The summed E-state index contributed by atoms with van der Waals surface area (Å²) in [5.41, 5.74) is 2.11. The smallest absolute Gasteiger partial charge is 0.249 e. The number of aromatic nitrogens is 2. The number of hydrogen-bond acceptors (Lipinski definition) is 5. The van der Waals surface area contributed by atoms with Gasteiger partial charge in [-0.3, -0.25) is 14.9 Å². The quantitative estimate of drug-likeness (QED) is 0.736. The third-order valence-electron chi connectivity index (χ3n) is 3.94. The number of rotatable bonds is 8. The summed E-state index contributed by atoms with van der Waals surface area (Å²) in [4.78, 5) is 24.6. The minimum atomic E-state index is -0.592. The number of amides is 2. The zero-order chi connectivity index (χ0) is 19.1. The molecule has 0 spiro atoms. The summed E-state index contributed by atoms with van der Waals surface area (Å²) < 4.78 is 0. The Morgan fingerprint density at radius 2 is 2.00 bits per heavy atom. The van der Waals surface area contributed by atoms with E-state index in [1.54, 1.807) is 0 Å². The third-order valence-corrected chi connectivity index (χ3v) is 4.83. The highest BCUT2D eigenvalue weighted by Crippen LogP contribution is 2.27. The number of nitrogens with one attached hydrogen (secondary N) is 2. The van der Waals surface area contributed by atoms with Gasteiger partial charge >= 0.3 is 0 Å². The summed E-state index contributed by atoms with van der Waals surface area (Å²) in [5, 5.41) is 15.0. The number of carbonyl (C=O) groups excluding carboxylic acids is 2. The number of hydrogen-bond donors (Lipinski definition) is 2. The van der Waals surface area contributed by atoms with Crippen molar-refractivity contribution in [3.8, 4) is 10.6 Å². The number of aryl methyl sites for hydroxylation is 1. The molecule has 140 valence electrons. The van der Waals surface area contributed by atoms with Crippen molar-refractivity contribution in [3.63, 3.8) is 0 Å². The Morgan fingerprint density at radius 3 is 2.65 bits per heavy atom. The van der Waals surface area contributed by atoms with Crippen LogP contribution in [0.3, 0.4) is 0 Å². The van der Waals surface area contributed by atoms with E-state index in [0.717, 1.165) is 29.0 Å². The summed E-state index contributed by atoms with van der Waals surface area (Å²) >= 11 is 1.32. The lowest BCUT2D eigenvalue weighted by atomic mass is 10.0. The molecule has 7 heteroatoms. The van der Waals surface area contributed by atoms with E-state index < -0.39 is 6.04 Å². The Morgan fingerprint density at radius 1 is 1.23 bits per heavy atom. The maximum Gasteiger partial charge on any atom is 0.249 e. The lowest BCUT2D eigenvalue weighted by Gasteiger charge is -2.20. The van der Waals surface area contributed by atoms with Crippen LogP contribution in [0.25, 0.3) is 10.6 Å².